The summed E-state index contributed by atoms with van der Waals surface area (Å²) in [4.78, 5) is 23.2. The van der Waals surface area contributed by atoms with Crippen LogP contribution in [-0.2, 0) is 0 Å². The lowest BCUT2D eigenvalue weighted by atomic mass is 10.0. The van der Waals surface area contributed by atoms with Gasteiger partial charge in [-0.2, -0.15) is 0 Å². The van der Waals surface area contributed by atoms with E-state index >= 15 is 0 Å². The summed E-state index contributed by atoms with van der Waals surface area (Å²) in [5, 5.41) is 13.2. The first-order valence-corrected chi connectivity index (χ1v) is 6.57. The molecule has 5 nitrogen and oxygen atoms in total. The molecule has 0 atom stereocenters. The molecule has 0 heterocycles. The van der Waals surface area contributed by atoms with Gasteiger partial charge < -0.3 is 16.2 Å². The van der Waals surface area contributed by atoms with Crippen molar-refractivity contribution in [3.8, 4) is 0 Å². The fraction of sp³-hybridized carbons (Fsp3) is 0.250. The monoisotopic (exact) mass is 286 g/mol. The number of hydrogen-bond donors (Lipinski definition) is 3. The molecule has 5 heteroatoms. The number of aromatic carboxylic acids is 1. The maximum atomic E-state index is 12.2. The van der Waals surface area contributed by atoms with Crippen LogP contribution in [0.5, 0.6) is 0 Å². The molecule has 4 N–H and O–H groups in total. The predicted molar refractivity (Wildman–Crippen MR) is 82.5 cm³/mol. The van der Waals surface area contributed by atoms with Gasteiger partial charge in [-0.3, -0.25) is 4.79 Å². The number of amides is 1. The summed E-state index contributed by atoms with van der Waals surface area (Å²) >= 11 is 0. The molecule has 2 aromatic rings. The summed E-state index contributed by atoms with van der Waals surface area (Å²) < 4.78 is 0. The minimum absolute atomic E-state index is 0.189. The van der Waals surface area contributed by atoms with E-state index in [-0.39, 0.29) is 17.0 Å². The second-order valence-corrected chi connectivity index (χ2v) is 5.97. The molecule has 0 bridgehead atoms. The van der Waals surface area contributed by atoms with Crippen LogP contribution in [0.2, 0.25) is 0 Å². The average molecular weight is 286 g/mol. The number of anilines is 1. The summed E-state index contributed by atoms with van der Waals surface area (Å²) in [6.07, 6.45) is 0. The molecule has 0 spiro atoms. The van der Waals surface area contributed by atoms with Crippen molar-refractivity contribution in [1.29, 1.82) is 0 Å². The molecule has 0 radical (unpaired) electrons. The Kier molecular flexibility index (Phi) is 3.60. The molecule has 0 saturated heterocycles. The number of rotatable bonds is 2. The van der Waals surface area contributed by atoms with E-state index in [1.807, 2.05) is 20.8 Å². The highest BCUT2D eigenvalue weighted by atomic mass is 16.4. The van der Waals surface area contributed by atoms with Gasteiger partial charge in [-0.25, -0.2) is 4.79 Å². The Bertz CT molecular complexity index is 730. The van der Waals surface area contributed by atoms with E-state index in [0.717, 1.165) is 0 Å². The van der Waals surface area contributed by atoms with Crippen LogP contribution in [0.4, 0.5) is 5.69 Å². The van der Waals surface area contributed by atoms with Crippen molar-refractivity contribution in [1.82, 2.24) is 5.32 Å². The third-order valence-electron chi connectivity index (χ3n) is 3.04. The Hall–Kier alpha value is -2.56. The topological polar surface area (TPSA) is 92.4 Å². The lowest BCUT2D eigenvalue weighted by Crippen LogP contribution is -2.40. The summed E-state index contributed by atoms with van der Waals surface area (Å²) in [6, 6.07) is 7.97. The molecule has 2 rings (SSSR count). The molecule has 0 fully saturated rings. The van der Waals surface area contributed by atoms with E-state index in [9.17, 15) is 9.59 Å². The van der Waals surface area contributed by atoms with E-state index in [0.29, 0.717) is 22.0 Å². The van der Waals surface area contributed by atoms with Crippen LogP contribution < -0.4 is 11.1 Å². The van der Waals surface area contributed by atoms with Crippen LogP contribution in [0.1, 0.15) is 41.5 Å². The summed E-state index contributed by atoms with van der Waals surface area (Å²) in [5.74, 6) is -1.24. The number of carboxylic acid groups (broad SMARTS) is 1. The molecular formula is C16H18N2O3. The molecule has 110 valence electrons. The molecule has 0 saturated carbocycles. The van der Waals surface area contributed by atoms with Gasteiger partial charge in [0.2, 0.25) is 0 Å². The molecule has 0 aliphatic heterocycles. The van der Waals surface area contributed by atoms with Crippen molar-refractivity contribution < 1.29 is 14.7 Å². The number of nitrogens with one attached hydrogen (secondary N) is 1. The van der Waals surface area contributed by atoms with E-state index in [1.165, 1.54) is 6.07 Å². The van der Waals surface area contributed by atoms with Gasteiger partial charge in [0.25, 0.3) is 5.91 Å². The van der Waals surface area contributed by atoms with Gasteiger partial charge in [-0.15, -0.1) is 0 Å². The number of nitrogens with two attached hydrogens (primary N) is 1. The van der Waals surface area contributed by atoms with Gasteiger partial charge in [0.05, 0.1) is 16.8 Å². The quantitative estimate of drug-likeness (QED) is 0.740. The van der Waals surface area contributed by atoms with Crippen LogP contribution in [0.3, 0.4) is 0 Å². The zero-order valence-corrected chi connectivity index (χ0v) is 12.2. The fourth-order valence-electron chi connectivity index (χ4n) is 2.09. The lowest BCUT2D eigenvalue weighted by molar-refractivity contribution is 0.0696. The Morgan fingerprint density at radius 1 is 1.14 bits per heavy atom. The van der Waals surface area contributed by atoms with Crippen molar-refractivity contribution in [2.75, 3.05) is 5.73 Å². The van der Waals surface area contributed by atoms with E-state index in [2.05, 4.69) is 5.32 Å². The largest absolute Gasteiger partial charge is 0.478 e. The average Bonchev–Trinajstić information content (AvgIpc) is 2.36. The van der Waals surface area contributed by atoms with E-state index < -0.39 is 5.97 Å². The highest BCUT2D eigenvalue weighted by molar-refractivity contribution is 6.08. The number of fused-ring (bicyclic) bond motifs is 1. The number of carboxylic acids is 1. The summed E-state index contributed by atoms with van der Waals surface area (Å²) in [5.41, 5.74) is 6.63. The van der Waals surface area contributed by atoms with Gasteiger partial charge in [-0.1, -0.05) is 12.1 Å². The molecule has 0 unspecified atom stereocenters. The summed E-state index contributed by atoms with van der Waals surface area (Å²) in [7, 11) is 0. The second kappa shape index (κ2) is 5.09. The first-order chi connectivity index (χ1) is 9.69. The van der Waals surface area contributed by atoms with Gasteiger partial charge in [0, 0.05) is 10.9 Å². The number of nitrogen functional groups attached to an aromatic ring is 1. The maximum Gasteiger partial charge on any atom is 0.335 e. The number of carbonyl (C=O) groups is 2. The zero-order valence-electron chi connectivity index (χ0n) is 12.2. The lowest BCUT2D eigenvalue weighted by Gasteiger charge is -2.21. The van der Waals surface area contributed by atoms with Crippen LogP contribution in [0.25, 0.3) is 10.8 Å². The predicted octanol–water partition coefficient (Wildman–Crippen LogP) is 2.65. The van der Waals surface area contributed by atoms with Crippen molar-refractivity contribution in [3.63, 3.8) is 0 Å². The number of hydrogen-bond acceptors (Lipinski definition) is 3. The van der Waals surface area contributed by atoms with Crippen molar-refractivity contribution in [2.45, 2.75) is 26.3 Å². The van der Waals surface area contributed by atoms with E-state index in [1.54, 1.807) is 24.3 Å². The minimum Gasteiger partial charge on any atom is -0.478 e. The van der Waals surface area contributed by atoms with Crippen LogP contribution >= 0.6 is 0 Å². The highest BCUT2D eigenvalue weighted by Crippen LogP contribution is 2.26. The highest BCUT2D eigenvalue weighted by Gasteiger charge is 2.18. The first-order valence-electron chi connectivity index (χ1n) is 6.57. The maximum absolute atomic E-state index is 12.2. The third kappa shape index (κ3) is 3.13. The third-order valence-corrected chi connectivity index (χ3v) is 3.04. The zero-order chi connectivity index (χ0) is 15.8. The first kappa shape index (κ1) is 14.8. The standard InChI is InChI=1S/C16H18N2O3/c1-16(2,3)18-14(19)12-7-4-9-8-10(15(20)21)5-6-11(9)13(12)17/h4-8H,17H2,1-3H3,(H,18,19)(H,20,21). The molecule has 21 heavy (non-hydrogen) atoms. The normalized spacial score (nSPS) is 11.4. The van der Waals surface area contributed by atoms with Gasteiger partial charge in [-0.05, 0) is 44.4 Å². The van der Waals surface area contributed by atoms with Crippen molar-refractivity contribution in [3.05, 3.63) is 41.5 Å². The summed E-state index contributed by atoms with van der Waals surface area (Å²) in [6.45, 7) is 5.67. The molecule has 0 aliphatic carbocycles. The molecule has 0 aliphatic rings. The van der Waals surface area contributed by atoms with Crippen molar-refractivity contribution in [2.24, 2.45) is 0 Å². The van der Waals surface area contributed by atoms with Gasteiger partial charge in [0.15, 0.2) is 0 Å². The molecule has 1 amide bonds. The smallest absolute Gasteiger partial charge is 0.335 e. The van der Waals surface area contributed by atoms with E-state index in [4.69, 9.17) is 10.8 Å². The van der Waals surface area contributed by atoms with Gasteiger partial charge >= 0.3 is 5.97 Å². The fourth-order valence-corrected chi connectivity index (χ4v) is 2.09. The molecule has 0 aromatic heterocycles. The van der Waals surface area contributed by atoms with Crippen LogP contribution in [0.15, 0.2) is 30.3 Å². The van der Waals surface area contributed by atoms with Crippen LogP contribution in [0, 0.1) is 0 Å². The Morgan fingerprint density at radius 3 is 2.38 bits per heavy atom. The second-order valence-electron chi connectivity index (χ2n) is 5.97. The Balaban J connectivity index is 2.50. The SMILES string of the molecule is CC(C)(C)NC(=O)c1ccc2cc(C(=O)O)ccc2c1N. The number of carbonyl (C=O) groups excluding carboxylic acids is 1. The Morgan fingerprint density at radius 2 is 1.81 bits per heavy atom. The number of benzene rings is 2. The molecular weight excluding hydrogens is 268 g/mol. The minimum atomic E-state index is -0.995. The Labute approximate surface area is 122 Å². The molecule has 2 aromatic carbocycles. The van der Waals surface area contributed by atoms with Crippen molar-refractivity contribution >= 4 is 28.3 Å². The van der Waals surface area contributed by atoms with Gasteiger partial charge in [0.1, 0.15) is 0 Å². The van der Waals surface area contributed by atoms with Crippen LogP contribution in [-0.4, -0.2) is 22.5 Å².